The number of nitrogens with zero attached hydrogens (tertiary/aromatic N) is 2. The highest BCUT2D eigenvalue weighted by molar-refractivity contribution is 7.99. The normalized spacial score (nSPS) is 13.1. The first-order chi connectivity index (χ1) is 9.60. The van der Waals surface area contributed by atoms with Gasteiger partial charge in [-0.3, -0.25) is 4.68 Å². The zero-order valence-electron chi connectivity index (χ0n) is 12.9. The highest BCUT2D eigenvalue weighted by Gasteiger charge is 2.20. The molecule has 20 heavy (non-hydrogen) atoms. The maximum atomic E-state index is 6.34. The Hall–Kier alpha value is -0.230. The minimum absolute atomic E-state index is 0.231. The molecule has 0 aliphatic heterocycles. The Kier molecular flexibility index (Phi) is 8.61. The lowest BCUT2D eigenvalue weighted by atomic mass is 10.2. The molecule has 0 saturated heterocycles. The van der Waals surface area contributed by atoms with Crippen LogP contribution in [0.1, 0.15) is 38.9 Å². The highest BCUT2D eigenvalue weighted by atomic mass is 35.5. The van der Waals surface area contributed by atoms with E-state index in [0.717, 1.165) is 36.0 Å². The summed E-state index contributed by atoms with van der Waals surface area (Å²) in [4.78, 5) is 0. The molecule has 0 fully saturated rings. The topological polar surface area (TPSA) is 39.1 Å². The van der Waals surface area contributed by atoms with Gasteiger partial charge in [-0.05, 0) is 18.2 Å². The van der Waals surface area contributed by atoms with Crippen LogP contribution in [0.5, 0.6) is 0 Å². The van der Waals surface area contributed by atoms with Gasteiger partial charge in [-0.15, -0.1) is 0 Å². The molecular weight excluding hydrogens is 294 g/mol. The maximum Gasteiger partial charge on any atom is 0.0834 e. The number of halogens is 1. The first-order valence-corrected chi connectivity index (χ1v) is 8.57. The van der Waals surface area contributed by atoms with E-state index in [-0.39, 0.29) is 6.04 Å². The molecule has 0 amide bonds. The summed E-state index contributed by atoms with van der Waals surface area (Å²) >= 11 is 8.28. The molecule has 1 atom stereocenters. The van der Waals surface area contributed by atoms with E-state index >= 15 is 0 Å². The van der Waals surface area contributed by atoms with Crippen LogP contribution >= 0.6 is 23.4 Å². The van der Waals surface area contributed by atoms with Gasteiger partial charge in [-0.2, -0.15) is 16.9 Å². The number of thioether (sulfide) groups is 1. The maximum absolute atomic E-state index is 6.34. The van der Waals surface area contributed by atoms with Crippen LogP contribution in [0.15, 0.2) is 6.20 Å². The van der Waals surface area contributed by atoms with Crippen molar-refractivity contribution in [3.05, 3.63) is 16.9 Å². The molecule has 0 bridgehead atoms. The van der Waals surface area contributed by atoms with Crippen LogP contribution in [0.3, 0.4) is 0 Å². The zero-order valence-corrected chi connectivity index (χ0v) is 14.4. The van der Waals surface area contributed by atoms with Gasteiger partial charge in [0.05, 0.1) is 36.1 Å². The Balaban J connectivity index is 2.83. The number of methoxy groups -OCH3 is 1. The highest BCUT2D eigenvalue weighted by Crippen LogP contribution is 2.27. The molecule has 6 heteroatoms. The van der Waals surface area contributed by atoms with Gasteiger partial charge in [-0.1, -0.05) is 32.4 Å². The third-order valence-corrected chi connectivity index (χ3v) is 4.39. The molecular formula is C14H26ClN3OS. The molecule has 1 unspecified atom stereocenters. The zero-order chi connectivity index (χ0) is 15.0. The van der Waals surface area contributed by atoms with Crippen LogP contribution in [-0.2, 0) is 11.3 Å². The first-order valence-electron chi connectivity index (χ1n) is 7.15. The summed E-state index contributed by atoms with van der Waals surface area (Å²) < 4.78 is 7.10. The van der Waals surface area contributed by atoms with E-state index in [1.54, 1.807) is 13.3 Å². The van der Waals surface area contributed by atoms with Crippen LogP contribution in [-0.4, -0.2) is 41.0 Å². The lowest BCUT2D eigenvalue weighted by molar-refractivity contribution is 0.182. The molecule has 0 spiro atoms. The standard InChI is InChI=1S/C14H26ClN3OS/c1-5-6-16-13(10-20-11(2)3)14-12(15)9-17-18(14)7-8-19-4/h9,11,13,16H,5-8,10H2,1-4H3. The lowest BCUT2D eigenvalue weighted by Crippen LogP contribution is -2.28. The summed E-state index contributed by atoms with van der Waals surface area (Å²) in [5.41, 5.74) is 1.07. The van der Waals surface area contributed by atoms with Gasteiger partial charge in [0, 0.05) is 12.9 Å². The molecule has 1 aromatic heterocycles. The Bertz CT molecular complexity index is 384. The Labute approximate surface area is 131 Å². The molecule has 0 radical (unpaired) electrons. The van der Waals surface area contributed by atoms with Crippen LogP contribution in [0, 0.1) is 0 Å². The second-order valence-electron chi connectivity index (χ2n) is 4.98. The van der Waals surface area contributed by atoms with Crippen molar-refractivity contribution in [2.75, 3.05) is 26.0 Å². The summed E-state index contributed by atoms with van der Waals surface area (Å²) in [6, 6.07) is 0.231. The van der Waals surface area contributed by atoms with Crippen molar-refractivity contribution in [3.63, 3.8) is 0 Å². The van der Waals surface area contributed by atoms with Gasteiger partial charge in [0.2, 0.25) is 0 Å². The minimum Gasteiger partial charge on any atom is -0.383 e. The van der Waals surface area contributed by atoms with Crippen molar-refractivity contribution in [1.29, 1.82) is 0 Å². The monoisotopic (exact) mass is 319 g/mol. The van der Waals surface area contributed by atoms with E-state index in [4.69, 9.17) is 16.3 Å². The van der Waals surface area contributed by atoms with E-state index in [2.05, 4.69) is 31.2 Å². The van der Waals surface area contributed by atoms with E-state index in [9.17, 15) is 0 Å². The number of hydrogen-bond donors (Lipinski definition) is 1. The first kappa shape index (κ1) is 17.8. The van der Waals surface area contributed by atoms with Crippen molar-refractivity contribution in [3.8, 4) is 0 Å². The van der Waals surface area contributed by atoms with E-state index in [1.165, 1.54) is 0 Å². The summed E-state index contributed by atoms with van der Waals surface area (Å²) in [6.45, 7) is 8.95. The van der Waals surface area contributed by atoms with Crippen molar-refractivity contribution in [2.24, 2.45) is 0 Å². The van der Waals surface area contributed by atoms with Crippen molar-refractivity contribution in [2.45, 2.75) is 45.0 Å². The van der Waals surface area contributed by atoms with Gasteiger partial charge >= 0.3 is 0 Å². The molecule has 1 N–H and O–H groups in total. The van der Waals surface area contributed by atoms with Gasteiger partial charge in [0.25, 0.3) is 0 Å². The van der Waals surface area contributed by atoms with Gasteiger partial charge in [0.15, 0.2) is 0 Å². The number of aromatic nitrogens is 2. The number of ether oxygens (including phenoxy) is 1. The summed E-state index contributed by atoms with van der Waals surface area (Å²) in [5.74, 6) is 0.996. The fraction of sp³-hybridized carbons (Fsp3) is 0.786. The van der Waals surface area contributed by atoms with Crippen molar-refractivity contribution >= 4 is 23.4 Å². The molecule has 0 saturated carbocycles. The summed E-state index contributed by atoms with van der Waals surface area (Å²) in [5, 5.41) is 9.28. The summed E-state index contributed by atoms with van der Waals surface area (Å²) in [6.07, 6.45) is 2.83. The molecule has 0 aliphatic carbocycles. The third kappa shape index (κ3) is 5.64. The second kappa shape index (κ2) is 9.66. The van der Waals surface area contributed by atoms with Gasteiger partial charge in [-0.25, -0.2) is 0 Å². The SMILES string of the molecule is CCCNC(CSC(C)C)c1c(Cl)cnn1CCOC. The van der Waals surface area contributed by atoms with Crippen molar-refractivity contribution < 1.29 is 4.74 Å². The van der Waals surface area contributed by atoms with Crippen LogP contribution < -0.4 is 5.32 Å². The Morgan fingerprint density at radius 1 is 1.50 bits per heavy atom. The Morgan fingerprint density at radius 2 is 2.25 bits per heavy atom. The quantitative estimate of drug-likeness (QED) is 0.717. The predicted octanol–water partition coefficient (Wildman–Crippen LogP) is 3.37. The van der Waals surface area contributed by atoms with E-state index < -0.39 is 0 Å². The average Bonchev–Trinajstić information content (AvgIpc) is 2.78. The Morgan fingerprint density at radius 3 is 2.85 bits per heavy atom. The van der Waals surface area contributed by atoms with Gasteiger partial charge in [0.1, 0.15) is 0 Å². The van der Waals surface area contributed by atoms with Crippen LogP contribution in [0.4, 0.5) is 0 Å². The molecule has 1 heterocycles. The fourth-order valence-electron chi connectivity index (χ4n) is 1.92. The largest absolute Gasteiger partial charge is 0.383 e. The van der Waals surface area contributed by atoms with Crippen LogP contribution in [0.25, 0.3) is 0 Å². The number of nitrogens with one attached hydrogen (secondary N) is 1. The third-order valence-electron chi connectivity index (χ3n) is 2.91. The fourth-order valence-corrected chi connectivity index (χ4v) is 3.04. The van der Waals surface area contributed by atoms with E-state index in [0.29, 0.717) is 11.9 Å². The lowest BCUT2D eigenvalue weighted by Gasteiger charge is -2.21. The summed E-state index contributed by atoms with van der Waals surface area (Å²) in [7, 11) is 1.70. The second-order valence-corrected chi connectivity index (χ2v) is 7.00. The minimum atomic E-state index is 0.231. The van der Waals surface area contributed by atoms with E-state index in [1.807, 2.05) is 16.4 Å². The molecule has 0 aromatic carbocycles. The molecule has 116 valence electrons. The molecule has 0 aliphatic rings. The molecule has 1 aromatic rings. The van der Waals surface area contributed by atoms with Gasteiger partial charge < -0.3 is 10.1 Å². The van der Waals surface area contributed by atoms with Crippen molar-refractivity contribution in [1.82, 2.24) is 15.1 Å². The molecule has 4 nitrogen and oxygen atoms in total. The number of hydrogen-bond acceptors (Lipinski definition) is 4. The van der Waals surface area contributed by atoms with Crippen LogP contribution in [0.2, 0.25) is 5.02 Å². The molecule has 1 rings (SSSR count). The number of rotatable bonds is 10. The average molecular weight is 320 g/mol. The predicted molar refractivity (Wildman–Crippen MR) is 87.7 cm³/mol. The smallest absolute Gasteiger partial charge is 0.0834 e.